The van der Waals surface area contributed by atoms with Gasteiger partial charge in [0.25, 0.3) is 0 Å². The molecule has 3 aromatic rings. The predicted octanol–water partition coefficient (Wildman–Crippen LogP) is 4.58. The van der Waals surface area contributed by atoms with Crippen molar-refractivity contribution in [2.75, 3.05) is 68.6 Å². The van der Waals surface area contributed by atoms with Crippen molar-refractivity contribution >= 4 is 94.0 Å². The topological polar surface area (TPSA) is 205 Å². The number of amides is 1. The third-order valence-corrected chi connectivity index (χ3v) is 10.3. The molecular formula is C35H51Cl2FN5O10PS3. The maximum atomic E-state index is 14.3. The van der Waals surface area contributed by atoms with Crippen molar-refractivity contribution in [1.82, 2.24) is 14.7 Å². The van der Waals surface area contributed by atoms with E-state index in [1.807, 2.05) is 37.4 Å². The number of nitrogens with zero attached hydrogens (tertiary/aromatic N) is 4. The first-order valence-corrected chi connectivity index (χ1v) is 24.2. The second kappa shape index (κ2) is 27.1. The monoisotopic (exact) mass is 917 g/mol. The van der Waals surface area contributed by atoms with Crippen molar-refractivity contribution in [3.63, 3.8) is 0 Å². The summed E-state index contributed by atoms with van der Waals surface area (Å²) >= 11 is 13.8. The van der Waals surface area contributed by atoms with E-state index < -0.39 is 38.2 Å². The lowest BCUT2D eigenvalue weighted by molar-refractivity contribution is -0.193. The number of anilines is 1. The SMILES string of the molecule is CCOCN(C(=O)CCl)c1c(C)cccc1CC.COC(=O)CSc1cc(/N=c2\sc(=O)n3n2CCCC3)c(F)cc1Cl.C[S+](C)C.O=C(O)CNCP(=O)([O-])O. The maximum Gasteiger partial charge on any atom is 0.325 e. The first-order valence-electron chi connectivity index (χ1n) is 17.3. The number of aromatic nitrogens is 2. The highest BCUT2D eigenvalue weighted by atomic mass is 35.5. The van der Waals surface area contributed by atoms with Crippen LogP contribution >= 0.6 is 53.9 Å². The summed E-state index contributed by atoms with van der Waals surface area (Å²) < 4.78 is 37.6. The number of carbonyl (C=O) groups excluding carboxylic acids is 2. The van der Waals surface area contributed by atoms with Gasteiger partial charge < -0.3 is 28.9 Å². The fourth-order valence-corrected chi connectivity index (χ4v) is 7.17. The zero-order valence-corrected chi connectivity index (χ0v) is 37.8. The van der Waals surface area contributed by atoms with Gasteiger partial charge in [0, 0.05) is 24.6 Å². The minimum atomic E-state index is -4.35. The van der Waals surface area contributed by atoms with Crippen LogP contribution in [0.3, 0.4) is 0 Å². The molecule has 0 radical (unpaired) electrons. The lowest BCUT2D eigenvalue weighted by atomic mass is 10.0. The summed E-state index contributed by atoms with van der Waals surface area (Å²) in [7, 11) is -2.41. The number of hydrogen-bond donors (Lipinski definition) is 3. The predicted molar refractivity (Wildman–Crippen MR) is 226 cm³/mol. The molecule has 1 atom stereocenters. The highest BCUT2D eigenvalue weighted by Gasteiger charge is 2.19. The Bertz CT molecular complexity index is 1940. The highest BCUT2D eigenvalue weighted by Crippen LogP contribution is 2.33. The number of nitrogens with one attached hydrogen (secondary N) is 1. The summed E-state index contributed by atoms with van der Waals surface area (Å²) in [6, 6.07) is 8.67. The number of carboxylic acids is 1. The number of ether oxygens (including phenoxy) is 2. The molecule has 0 saturated carbocycles. The molecule has 1 unspecified atom stereocenters. The Morgan fingerprint density at radius 2 is 1.81 bits per heavy atom. The molecule has 320 valence electrons. The highest BCUT2D eigenvalue weighted by molar-refractivity contribution is 8.00. The number of methoxy groups -OCH3 is 1. The van der Waals surface area contributed by atoms with E-state index in [1.54, 1.807) is 14.3 Å². The first kappa shape index (κ1) is 52.3. The average molecular weight is 919 g/mol. The molecule has 1 amide bonds. The van der Waals surface area contributed by atoms with E-state index in [2.05, 4.69) is 35.4 Å². The Labute approximate surface area is 353 Å². The normalized spacial score (nSPS) is 13.1. The third kappa shape index (κ3) is 19.7. The Morgan fingerprint density at radius 3 is 2.35 bits per heavy atom. The van der Waals surface area contributed by atoms with Gasteiger partial charge in [-0.1, -0.05) is 36.7 Å². The van der Waals surface area contributed by atoms with Crippen molar-refractivity contribution in [1.29, 1.82) is 0 Å². The van der Waals surface area contributed by atoms with Gasteiger partial charge in [0.05, 0.1) is 55.2 Å². The van der Waals surface area contributed by atoms with Gasteiger partial charge in [-0.2, -0.15) is 0 Å². The molecular weight excluding hydrogens is 867 g/mol. The van der Waals surface area contributed by atoms with Gasteiger partial charge in [-0.05, 0) is 78.6 Å². The lowest BCUT2D eigenvalue weighted by Crippen LogP contribution is -2.35. The Kier molecular flexibility index (Phi) is 24.9. The summed E-state index contributed by atoms with van der Waals surface area (Å²) in [4.78, 5) is 69.8. The second-order valence-corrected chi connectivity index (χ2v) is 18.8. The smallest absolute Gasteiger partial charge is 0.325 e. The number of carbonyl (C=O) groups is 3. The van der Waals surface area contributed by atoms with Gasteiger partial charge in [-0.25, -0.2) is 14.1 Å². The van der Waals surface area contributed by atoms with Gasteiger partial charge in [-0.3, -0.25) is 34.1 Å². The molecule has 57 heavy (non-hydrogen) atoms. The molecule has 0 saturated heterocycles. The molecule has 3 N–H and O–H groups in total. The quantitative estimate of drug-likeness (QED) is 0.0508. The minimum Gasteiger partial charge on any atom is -0.778 e. The van der Waals surface area contributed by atoms with Gasteiger partial charge >= 0.3 is 16.8 Å². The molecule has 22 heteroatoms. The van der Waals surface area contributed by atoms with Crippen LogP contribution in [0.1, 0.15) is 37.8 Å². The minimum absolute atomic E-state index is 0.0371. The number of aryl methyl sites for hydroxylation is 2. The van der Waals surface area contributed by atoms with Crippen LogP contribution in [0.4, 0.5) is 15.8 Å². The first-order chi connectivity index (χ1) is 26.8. The third-order valence-electron chi connectivity index (χ3n) is 7.08. The Hall–Kier alpha value is -2.71. The number of carboxylic acid groups (broad SMARTS) is 1. The van der Waals surface area contributed by atoms with Crippen LogP contribution in [0.2, 0.25) is 5.02 Å². The number of alkyl halides is 1. The van der Waals surface area contributed by atoms with Crippen molar-refractivity contribution in [2.45, 2.75) is 58.0 Å². The number of halogens is 3. The van der Waals surface area contributed by atoms with Crippen LogP contribution in [0, 0.1) is 12.7 Å². The van der Waals surface area contributed by atoms with E-state index in [0.29, 0.717) is 40.3 Å². The number of rotatable bonds is 14. The number of benzene rings is 2. The number of thioether (sulfide) groups is 1. The average Bonchev–Trinajstić information content (AvgIpc) is 3.46. The van der Waals surface area contributed by atoms with E-state index in [-0.39, 0.29) is 39.9 Å². The summed E-state index contributed by atoms with van der Waals surface area (Å²) in [5, 5.41) is 10.2. The van der Waals surface area contributed by atoms with E-state index in [9.17, 15) is 33.0 Å². The van der Waals surface area contributed by atoms with Crippen LogP contribution in [0.25, 0.3) is 0 Å². The number of para-hydroxylation sites is 1. The van der Waals surface area contributed by atoms with Crippen LogP contribution in [-0.4, -0.2) is 101 Å². The largest absolute Gasteiger partial charge is 0.778 e. The van der Waals surface area contributed by atoms with Crippen LogP contribution in [0.15, 0.2) is 45.0 Å². The molecule has 0 bridgehead atoms. The number of esters is 1. The Morgan fingerprint density at radius 1 is 1.18 bits per heavy atom. The fraction of sp³-hybridized carbons (Fsp3) is 0.514. The standard InChI is InChI=1S/C15H15ClFN3O3S2.C14H20ClNO2.C3H8NO5P.C3H9S/c1-23-13(21)8-24-12-7-11(10(17)6-9(12)16)18-14-19-4-2-3-5-20(19)15(22)25-14;1-4-12-8-6-7-11(3)14(12)16(10-18-5-2)13(17)9-15;5-3(6)1-4-2-10(7,8)9;1-4(2)3/h6-7H,2-5,8H2,1H3;6-8H,4-5,9-10H2,1-3H3;4H,1-2H2,(H,5,6)(H2,7,8,9);1-3H3/q;;;+1/p-1/b18-14-;;;. The van der Waals surface area contributed by atoms with Gasteiger partial charge in [0.1, 0.15) is 31.7 Å². The molecule has 4 rings (SSSR count). The summed E-state index contributed by atoms with van der Waals surface area (Å²) in [6.45, 7) is 7.64. The lowest BCUT2D eigenvalue weighted by Gasteiger charge is -2.25. The summed E-state index contributed by atoms with van der Waals surface area (Å²) in [6.07, 6.45) is 8.64. The molecule has 15 nitrogen and oxygen atoms in total. The van der Waals surface area contributed by atoms with Gasteiger partial charge in [0.15, 0.2) is 0 Å². The number of fused-ring (bicyclic) bond motifs is 1. The van der Waals surface area contributed by atoms with Crippen molar-refractivity contribution in [2.24, 2.45) is 4.99 Å². The van der Waals surface area contributed by atoms with Crippen LogP contribution in [-0.2, 0) is 58.8 Å². The molecule has 1 aliphatic rings. The zero-order chi connectivity index (χ0) is 43.3. The van der Waals surface area contributed by atoms with Crippen LogP contribution < -0.4 is 24.8 Å². The number of aliphatic carboxylic acids is 1. The van der Waals surface area contributed by atoms with E-state index in [4.69, 9.17) is 37.9 Å². The van der Waals surface area contributed by atoms with Crippen molar-refractivity contribution in [3.8, 4) is 0 Å². The van der Waals surface area contributed by atoms with Crippen molar-refractivity contribution < 1.29 is 47.7 Å². The molecule has 2 aromatic carbocycles. The summed E-state index contributed by atoms with van der Waals surface area (Å²) in [5.41, 5.74) is 3.21. The molecule has 0 fully saturated rings. The number of hydrogen-bond acceptors (Lipinski definition) is 12. The van der Waals surface area contributed by atoms with E-state index in [1.165, 1.54) is 13.2 Å². The second-order valence-electron chi connectivity index (χ2n) is 12.2. The molecule has 2 heterocycles. The maximum absolute atomic E-state index is 14.3. The molecule has 1 aliphatic heterocycles. The van der Waals surface area contributed by atoms with Gasteiger partial charge in [-0.15, -0.1) is 23.4 Å². The molecule has 1 aromatic heterocycles. The van der Waals surface area contributed by atoms with Gasteiger partial charge in [0.2, 0.25) is 10.7 Å². The van der Waals surface area contributed by atoms with E-state index >= 15 is 0 Å². The van der Waals surface area contributed by atoms with Crippen molar-refractivity contribution in [3.05, 3.63) is 66.8 Å². The van der Waals surface area contributed by atoms with Crippen LogP contribution in [0.5, 0.6) is 0 Å². The molecule has 0 aliphatic carbocycles. The summed E-state index contributed by atoms with van der Waals surface area (Å²) in [5.74, 6) is -2.26. The van der Waals surface area contributed by atoms with E-state index in [0.717, 1.165) is 65.2 Å². The molecule has 0 spiro atoms. The Balaban J connectivity index is 0.000000443. The fourth-order valence-electron chi connectivity index (χ4n) is 4.64. The zero-order valence-electron chi connectivity index (χ0n) is 32.9.